The summed E-state index contributed by atoms with van der Waals surface area (Å²) in [5, 5.41) is 0.750. The van der Waals surface area contributed by atoms with Gasteiger partial charge in [0.1, 0.15) is 0 Å². The number of fused-ring (bicyclic) bond motifs is 2. The molecule has 1 heterocycles. The van der Waals surface area contributed by atoms with Crippen molar-refractivity contribution in [3.63, 3.8) is 0 Å². The molecule has 0 N–H and O–H groups in total. The SMILES string of the molecule is O=C1c2ccccc2C(=O)C2(C3CCC(c4ccc(Cl)cc4)CC3)OC12. The zero-order chi connectivity index (χ0) is 17.9. The number of ketones is 2. The van der Waals surface area contributed by atoms with Crippen molar-refractivity contribution in [1.29, 1.82) is 0 Å². The Morgan fingerprint density at radius 1 is 0.885 bits per heavy atom. The summed E-state index contributed by atoms with van der Waals surface area (Å²) in [6, 6.07) is 15.2. The number of epoxide rings is 1. The molecule has 132 valence electrons. The van der Waals surface area contributed by atoms with Crippen molar-refractivity contribution in [1.82, 2.24) is 0 Å². The van der Waals surface area contributed by atoms with Crippen LogP contribution in [0.5, 0.6) is 0 Å². The molecule has 3 aliphatic rings. The third-order valence-electron chi connectivity index (χ3n) is 6.35. The van der Waals surface area contributed by atoms with Gasteiger partial charge in [-0.2, -0.15) is 0 Å². The molecule has 2 unspecified atom stereocenters. The lowest BCUT2D eigenvalue weighted by atomic mass is 9.67. The molecule has 4 heteroatoms. The number of Topliss-reactive ketones (excluding diaryl/α,β-unsaturated/α-hetero) is 2. The summed E-state index contributed by atoms with van der Waals surface area (Å²) in [4.78, 5) is 25.8. The maximum absolute atomic E-state index is 13.1. The Bertz CT molecular complexity index is 896. The minimum atomic E-state index is -0.892. The first-order chi connectivity index (χ1) is 12.6. The van der Waals surface area contributed by atoms with Crippen molar-refractivity contribution in [2.75, 3.05) is 0 Å². The van der Waals surface area contributed by atoms with E-state index in [-0.39, 0.29) is 17.5 Å². The van der Waals surface area contributed by atoms with Gasteiger partial charge < -0.3 is 4.74 Å². The average molecular weight is 367 g/mol. The van der Waals surface area contributed by atoms with Gasteiger partial charge in [-0.1, -0.05) is 48.0 Å². The predicted octanol–water partition coefficient (Wildman–Crippen LogP) is 4.83. The van der Waals surface area contributed by atoms with Crippen molar-refractivity contribution in [2.24, 2.45) is 5.92 Å². The van der Waals surface area contributed by atoms with Crippen molar-refractivity contribution in [3.8, 4) is 0 Å². The Hall–Kier alpha value is -1.97. The third-order valence-corrected chi connectivity index (χ3v) is 6.60. The van der Waals surface area contributed by atoms with Gasteiger partial charge in [-0.15, -0.1) is 0 Å². The number of ether oxygens (including phenoxy) is 1. The standard InChI is InChI=1S/C22H19ClO3/c23-16-11-7-14(8-12-16)13-5-9-15(10-6-13)22-20(25)18-4-2-1-3-17(18)19(24)21(22)26-22/h1-4,7-8,11-13,15,21H,5-6,9-10H2. The van der Waals surface area contributed by atoms with Gasteiger partial charge in [0, 0.05) is 16.1 Å². The van der Waals surface area contributed by atoms with Crippen LogP contribution in [0, 0.1) is 5.92 Å². The molecule has 26 heavy (non-hydrogen) atoms. The van der Waals surface area contributed by atoms with E-state index in [2.05, 4.69) is 12.1 Å². The highest BCUT2D eigenvalue weighted by atomic mass is 35.5. The molecule has 2 aromatic carbocycles. The van der Waals surface area contributed by atoms with Crippen LogP contribution < -0.4 is 0 Å². The zero-order valence-electron chi connectivity index (χ0n) is 14.3. The van der Waals surface area contributed by atoms with E-state index in [1.165, 1.54) is 5.56 Å². The van der Waals surface area contributed by atoms with E-state index in [0.717, 1.165) is 30.7 Å². The topological polar surface area (TPSA) is 46.7 Å². The monoisotopic (exact) mass is 366 g/mol. The summed E-state index contributed by atoms with van der Waals surface area (Å²) in [5.74, 6) is 0.590. The van der Waals surface area contributed by atoms with Crippen LogP contribution in [0.2, 0.25) is 5.02 Å². The fraction of sp³-hybridized carbons (Fsp3) is 0.364. The number of benzene rings is 2. The first kappa shape index (κ1) is 16.2. The van der Waals surface area contributed by atoms with E-state index < -0.39 is 11.7 Å². The molecule has 1 aliphatic heterocycles. The molecule has 0 bridgehead atoms. The van der Waals surface area contributed by atoms with Gasteiger partial charge in [-0.25, -0.2) is 0 Å². The second-order valence-electron chi connectivity index (χ2n) is 7.63. The highest BCUT2D eigenvalue weighted by Gasteiger charge is 2.72. The van der Waals surface area contributed by atoms with Crippen molar-refractivity contribution >= 4 is 23.2 Å². The lowest BCUT2D eigenvalue weighted by Crippen LogP contribution is -2.43. The maximum atomic E-state index is 13.1. The smallest absolute Gasteiger partial charge is 0.198 e. The van der Waals surface area contributed by atoms with E-state index >= 15 is 0 Å². The largest absolute Gasteiger partial charge is 0.348 e. The van der Waals surface area contributed by atoms with Gasteiger partial charge in [-0.3, -0.25) is 9.59 Å². The molecule has 1 saturated carbocycles. The van der Waals surface area contributed by atoms with Crippen molar-refractivity contribution < 1.29 is 14.3 Å². The quantitative estimate of drug-likeness (QED) is 0.715. The van der Waals surface area contributed by atoms with Crippen LogP contribution in [-0.2, 0) is 4.74 Å². The number of carbonyl (C=O) groups excluding carboxylic acids is 2. The Balaban J connectivity index is 1.37. The van der Waals surface area contributed by atoms with Crippen LogP contribution in [0.3, 0.4) is 0 Å². The summed E-state index contributed by atoms with van der Waals surface area (Å²) in [6.07, 6.45) is 3.26. The molecule has 2 aliphatic carbocycles. The number of carbonyl (C=O) groups is 2. The Kier molecular flexibility index (Phi) is 3.60. The molecule has 0 radical (unpaired) electrons. The lowest BCUT2D eigenvalue weighted by Gasteiger charge is -2.33. The summed E-state index contributed by atoms with van der Waals surface area (Å²) < 4.78 is 5.85. The van der Waals surface area contributed by atoms with E-state index in [1.54, 1.807) is 18.2 Å². The summed E-state index contributed by atoms with van der Waals surface area (Å²) in [7, 11) is 0. The van der Waals surface area contributed by atoms with Crippen LogP contribution in [0.25, 0.3) is 0 Å². The minimum absolute atomic E-state index is 0.00708. The van der Waals surface area contributed by atoms with Gasteiger partial charge >= 0.3 is 0 Å². The van der Waals surface area contributed by atoms with Gasteiger partial charge in [0.15, 0.2) is 23.3 Å². The highest BCUT2D eigenvalue weighted by molar-refractivity contribution is 6.30. The average Bonchev–Trinajstić information content (AvgIpc) is 3.45. The molecular formula is C22H19ClO3. The minimum Gasteiger partial charge on any atom is -0.348 e. The summed E-state index contributed by atoms with van der Waals surface area (Å²) >= 11 is 5.98. The van der Waals surface area contributed by atoms with Crippen LogP contribution in [0.15, 0.2) is 48.5 Å². The number of rotatable bonds is 2. The van der Waals surface area contributed by atoms with Crippen LogP contribution in [0.4, 0.5) is 0 Å². The Morgan fingerprint density at radius 2 is 1.54 bits per heavy atom. The van der Waals surface area contributed by atoms with Crippen LogP contribution in [0.1, 0.15) is 57.9 Å². The molecular weight excluding hydrogens is 348 g/mol. The third kappa shape index (κ3) is 2.23. The fourth-order valence-corrected chi connectivity index (χ4v) is 5.04. The van der Waals surface area contributed by atoms with Gasteiger partial charge in [0.25, 0.3) is 0 Å². The number of hydrogen-bond acceptors (Lipinski definition) is 3. The van der Waals surface area contributed by atoms with Gasteiger partial charge in [0.05, 0.1) is 0 Å². The number of hydrogen-bond donors (Lipinski definition) is 0. The molecule has 2 aromatic rings. The van der Waals surface area contributed by atoms with Gasteiger partial charge in [0.2, 0.25) is 0 Å². The predicted molar refractivity (Wildman–Crippen MR) is 98.9 cm³/mol. The van der Waals surface area contributed by atoms with Crippen molar-refractivity contribution in [2.45, 2.75) is 43.3 Å². The van der Waals surface area contributed by atoms with E-state index in [1.807, 2.05) is 18.2 Å². The molecule has 2 fully saturated rings. The number of halogens is 1. The fourth-order valence-electron chi connectivity index (χ4n) is 4.92. The Morgan fingerprint density at radius 3 is 2.23 bits per heavy atom. The lowest BCUT2D eigenvalue weighted by molar-refractivity contribution is 0.0748. The highest BCUT2D eigenvalue weighted by Crippen LogP contribution is 2.55. The second kappa shape index (κ2) is 5.77. The first-order valence-corrected chi connectivity index (χ1v) is 9.60. The van der Waals surface area contributed by atoms with E-state index in [0.29, 0.717) is 17.0 Å². The molecule has 3 nitrogen and oxygen atoms in total. The molecule has 5 rings (SSSR count). The van der Waals surface area contributed by atoms with E-state index in [4.69, 9.17) is 16.3 Å². The van der Waals surface area contributed by atoms with Crippen LogP contribution >= 0.6 is 11.6 Å². The molecule has 1 saturated heterocycles. The molecule has 0 spiro atoms. The van der Waals surface area contributed by atoms with E-state index in [9.17, 15) is 9.59 Å². The van der Waals surface area contributed by atoms with Crippen LogP contribution in [-0.4, -0.2) is 23.3 Å². The van der Waals surface area contributed by atoms with Gasteiger partial charge in [-0.05, 0) is 55.2 Å². The first-order valence-electron chi connectivity index (χ1n) is 9.22. The molecule has 2 atom stereocenters. The normalized spacial score (nSPS) is 32.7. The zero-order valence-corrected chi connectivity index (χ0v) is 15.0. The Labute approximate surface area is 157 Å². The maximum Gasteiger partial charge on any atom is 0.198 e. The second-order valence-corrected chi connectivity index (χ2v) is 8.07. The molecule has 0 amide bonds. The van der Waals surface area contributed by atoms with Crippen molar-refractivity contribution in [3.05, 3.63) is 70.2 Å². The summed E-state index contributed by atoms with van der Waals surface area (Å²) in [5.41, 5.74) is 1.46. The summed E-state index contributed by atoms with van der Waals surface area (Å²) in [6.45, 7) is 0. The molecule has 0 aromatic heterocycles.